The summed E-state index contributed by atoms with van der Waals surface area (Å²) in [6, 6.07) is 0.0172. The molecule has 0 spiro atoms. The number of ether oxygens (including phenoxy) is 1. The van der Waals surface area contributed by atoms with Crippen LogP contribution in [0.2, 0.25) is 0 Å². The Labute approximate surface area is 103 Å². The third-order valence-electron chi connectivity index (χ3n) is 4.38. The SMILES string of the molecule is CCOC1CC(N2CCCC(N)C2=O)C1(C)C. The number of amides is 1. The predicted octanol–water partition coefficient (Wildman–Crippen LogP) is 1.14. The Morgan fingerprint density at radius 3 is 2.82 bits per heavy atom. The van der Waals surface area contributed by atoms with Gasteiger partial charge in [-0.1, -0.05) is 13.8 Å². The normalized spacial score (nSPS) is 36.8. The van der Waals surface area contributed by atoms with E-state index in [-0.39, 0.29) is 23.5 Å². The summed E-state index contributed by atoms with van der Waals surface area (Å²) >= 11 is 0. The van der Waals surface area contributed by atoms with E-state index in [1.807, 2.05) is 11.8 Å². The molecule has 1 heterocycles. The molecule has 3 unspecified atom stereocenters. The zero-order valence-corrected chi connectivity index (χ0v) is 11.1. The number of nitrogens with two attached hydrogens (primary N) is 1. The van der Waals surface area contributed by atoms with Crippen LogP contribution in [-0.2, 0) is 9.53 Å². The van der Waals surface area contributed by atoms with Crippen molar-refractivity contribution in [3.63, 3.8) is 0 Å². The highest BCUT2D eigenvalue weighted by atomic mass is 16.5. The van der Waals surface area contributed by atoms with Gasteiger partial charge in [-0.15, -0.1) is 0 Å². The van der Waals surface area contributed by atoms with Gasteiger partial charge >= 0.3 is 0 Å². The molecule has 4 heteroatoms. The third-order valence-corrected chi connectivity index (χ3v) is 4.38. The number of hydrogen-bond acceptors (Lipinski definition) is 3. The Morgan fingerprint density at radius 2 is 2.24 bits per heavy atom. The summed E-state index contributed by atoms with van der Waals surface area (Å²) in [5, 5.41) is 0. The smallest absolute Gasteiger partial charge is 0.239 e. The van der Waals surface area contributed by atoms with E-state index in [0.717, 1.165) is 32.4 Å². The van der Waals surface area contributed by atoms with Crippen LogP contribution in [0.15, 0.2) is 0 Å². The maximum absolute atomic E-state index is 12.1. The first-order valence-corrected chi connectivity index (χ1v) is 6.66. The van der Waals surface area contributed by atoms with Gasteiger partial charge in [0.2, 0.25) is 5.91 Å². The number of rotatable bonds is 3. The van der Waals surface area contributed by atoms with E-state index in [4.69, 9.17) is 10.5 Å². The Bertz CT molecular complexity index is 304. The fourth-order valence-electron chi connectivity index (χ4n) is 3.11. The third kappa shape index (κ3) is 2.08. The molecule has 0 aromatic heterocycles. The van der Waals surface area contributed by atoms with Crippen LogP contribution in [0.3, 0.4) is 0 Å². The van der Waals surface area contributed by atoms with Gasteiger partial charge in [0, 0.05) is 24.6 Å². The second-order valence-electron chi connectivity index (χ2n) is 5.80. The van der Waals surface area contributed by atoms with Crippen LogP contribution in [0.4, 0.5) is 0 Å². The van der Waals surface area contributed by atoms with Crippen molar-refractivity contribution in [2.75, 3.05) is 13.2 Å². The van der Waals surface area contributed by atoms with Crippen LogP contribution in [0.5, 0.6) is 0 Å². The first-order valence-electron chi connectivity index (χ1n) is 6.66. The quantitative estimate of drug-likeness (QED) is 0.805. The highest BCUT2D eigenvalue weighted by molar-refractivity contribution is 5.82. The molecule has 0 aromatic carbocycles. The second-order valence-corrected chi connectivity index (χ2v) is 5.80. The lowest BCUT2D eigenvalue weighted by molar-refractivity contribution is -0.171. The average molecular weight is 240 g/mol. The van der Waals surface area contributed by atoms with Crippen molar-refractivity contribution in [2.45, 2.75) is 58.2 Å². The standard InChI is InChI=1S/C13H24N2O2/c1-4-17-11-8-10(13(11,2)3)15-7-5-6-9(14)12(15)16/h9-11H,4-8,14H2,1-3H3. The molecule has 1 aliphatic carbocycles. The van der Waals surface area contributed by atoms with Crippen molar-refractivity contribution in [1.29, 1.82) is 0 Å². The molecule has 98 valence electrons. The summed E-state index contributed by atoms with van der Waals surface area (Å²) < 4.78 is 5.71. The monoisotopic (exact) mass is 240 g/mol. The second kappa shape index (κ2) is 4.58. The Hall–Kier alpha value is -0.610. The van der Waals surface area contributed by atoms with Crippen LogP contribution in [0.25, 0.3) is 0 Å². The van der Waals surface area contributed by atoms with E-state index in [1.165, 1.54) is 0 Å². The number of carbonyl (C=O) groups is 1. The molecule has 1 saturated carbocycles. The fraction of sp³-hybridized carbons (Fsp3) is 0.923. The summed E-state index contributed by atoms with van der Waals surface area (Å²) in [7, 11) is 0. The zero-order chi connectivity index (χ0) is 12.6. The Balaban J connectivity index is 2.02. The molecular formula is C13H24N2O2. The van der Waals surface area contributed by atoms with Crippen molar-refractivity contribution in [3.05, 3.63) is 0 Å². The molecule has 0 bridgehead atoms. The summed E-state index contributed by atoms with van der Waals surface area (Å²) in [6.45, 7) is 8.00. The van der Waals surface area contributed by atoms with E-state index in [2.05, 4.69) is 13.8 Å². The molecule has 2 aliphatic rings. The van der Waals surface area contributed by atoms with Gasteiger partial charge in [0.1, 0.15) is 0 Å². The Morgan fingerprint density at radius 1 is 1.53 bits per heavy atom. The first-order chi connectivity index (χ1) is 7.98. The van der Waals surface area contributed by atoms with E-state index >= 15 is 0 Å². The van der Waals surface area contributed by atoms with Crippen molar-refractivity contribution < 1.29 is 9.53 Å². The van der Waals surface area contributed by atoms with E-state index in [1.54, 1.807) is 0 Å². The van der Waals surface area contributed by atoms with Crippen LogP contribution in [0.1, 0.15) is 40.0 Å². The van der Waals surface area contributed by atoms with E-state index in [9.17, 15) is 4.79 Å². The molecule has 4 nitrogen and oxygen atoms in total. The van der Waals surface area contributed by atoms with Gasteiger partial charge in [-0.2, -0.15) is 0 Å². The van der Waals surface area contributed by atoms with E-state index in [0.29, 0.717) is 6.04 Å². The maximum Gasteiger partial charge on any atom is 0.239 e. The predicted molar refractivity (Wildman–Crippen MR) is 66.5 cm³/mol. The molecule has 2 fully saturated rings. The summed E-state index contributed by atoms with van der Waals surface area (Å²) in [6.07, 6.45) is 3.10. The molecule has 2 N–H and O–H groups in total. The molecule has 17 heavy (non-hydrogen) atoms. The molecule has 1 aliphatic heterocycles. The van der Waals surface area contributed by atoms with Crippen molar-refractivity contribution in [3.8, 4) is 0 Å². The van der Waals surface area contributed by atoms with Gasteiger partial charge in [0.25, 0.3) is 0 Å². The van der Waals surface area contributed by atoms with Crippen LogP contribution >= 0.6 is 0 Å². The maximum atomic E-state index is 12.1. The lowest BCUT2D eigenvalue weighted by Crippen LogP contribution is -2.66. The van der Waals surface area contributed by atoms with Crippen molar-refractivity contribution in [1.82, 2.24) is 4.90 Å². The number of hydrogen-bond donors (Lipinski definition) is 1. The number of nitrogens with zero attached hydrogens (tertiary/aromatic N) is 1. The Kier molecular flexibility index (Phi) is 3.46. The lowest BCUT2D eigenvalue weighted by Gasteiger charge is -2.56. The van der Waals surface area contributed by atoms with Crippen molar-refractivity contribution in [2.24, 2.45) is 11.1 Å². The van der Waals surface area contributed by atoms with Crippen LogP contribution in [0, 0.1) is 5.41 Å². The lowest BCUT2D eigenvalue weighted by atomic mass is 9.63. The van der Waals surface area contributed by atoms with Crippen LogP contribution < -0.4 is 5.73 Å². The van der Waals surface area contributed by atoms with Gasteiger partial charge < -0.3 is 15.4 Å². The number of piperidine rings is 1. The number of likely N-dealkylation sites (tertiary alicyclic amines) is 1. The minimum Gasteiger partial charge on any atom is -0.378 e. The molecule has 3 atom stereocenters. The topological polar surface area (TPSA) is 55.6 Å². The minimum absolute atomic E-state index is 0.0583. The highest BCUT2D eigenvalue weighted by Crippen LogP contribution is 2.46. The van der Waals surface area contributed by atoms with Gasteiger partial charge in [0.05, 0.1) is 12.1 Å². The molecule has 1 amide bonds. The number of carbonyl (C=O) groups excluding carboxylic acids is 1. The van der Waals surface area contributed by atoms with Crippen molar-refractivity contribution >= 4 is 5.91 Å². The van der Waals surface area contributed by atoms with Gasteiger partial charge in [-0.3, -0.25) is 4.79 Å². The minimum atomic E-state index is -0.286. The highest BCUT2D eigenvalue weighted by Gasteiger charge is 2.53. The largest absolute Gasteiger partial charge is 0.378 e. The first kappa shape index (κ1) is 12.8. The van der Waals surface area contributed by atoms with E-state index < -0.39 is 0 Å². The zero-order valence-electron chi connectivity index (χ0n) is 11.1. The van der Waals surface area contributed by atoms with Gasteiger partial charge in [-0.05, 0) is 26.2 Å². The molecule has 0 radical (unpaired) electrons. The van der Waals surface area contributed by atoms with Gasteiger partial charge in [-0.25, -0.2) is 0 Å². The average Bonchev–Trinajstić information content (AvgIpc) is 2.29. The van der Waals surface area contributed by atoms with Crippen LogP contribution in [-0.4, -0.2) is 42.1 Å². The molecule has 0 aromatic rings. The summed E-state index contributed by atoms with van der Waals surface area (Å²) in [5.41, 5.74) is 5.90. The summed E-state index contributed by atoms with van der Waals surface area (Å²) in [4.78, 5) is 14.1. The molecule has 2 rings (SSSR count). The van der Waals surface area contributed by atoms with Gasteiger partial charge in [0.15, 0.2) is 0 Å². The molecule has 1 saturated heterocycles. The molecular weight excluding hydrogens is 216 g/mol. The fourth-order valence-corrected chi connectivity index (χ4v) is 3.11. The summed E-state index contributed by atoms with van der Waals surface area (Å²) in [5.74, 6) is 0.129.